The third-order valence-corrected chi connectivity index (χ3v) is 6.51. The average Bonchev–Trinajstić information content (AvgIpc) is 2.98. The molecule has 1 saturated carbocycles. The summed E-state index contributed by atoms with van der Waals surface area (Å²) < 4.78 is 25.7. The smallest absolute Gasteiger partial charge is 0.229 e. The summed E-state index contributed by atoms with van der Waals surface area (Å²) in [4.78, 5) is 2.50. The Morgan fingerprint density at radius 1 is 1.07 bits per heavy atom. The van der Waals surface area contributed by atoms with Crippen LogP contribution in [-0.4, -0.2) is 25.6 Å². The summed E-state index contributed by atoms with van der Waals surface area (Å²) >= 11 is 0. The topological polar surface area (TPSA) is 49.4 Å². The van der Waals surface area contributed by atoms with E-state index in [1.807, 2.05) is 18.2 Å². The molecule has 148 valence electrons. The molecule has 0 unspecified atom stereocenters. The van der Waals surface area contributed by atoms with Gasteiger partial charge in [-0.15, -0.1) is 0 Å². The molecule has 5 heteroatoms. The number of sulfonamides is 1. The summed E-state index contributed by atoms with van der Waals surface area (Å²) in [5.74, 6) is 0. The molecule has 1 fully saturated rings. The van der Waals surface area contributed by atoms with Gasteiger partial charge in [-0.05, 0) is 60.2 Å². The van der Waals surface area contributed by atoms with Crippen molar-refractivity contribution in [3.63, 3.8) is 0 Å². The van der Waals surface area contributed by atoms with E-state index in [1.54, 1.807) is 6.07 Å². The van der Waals surface area contributed by atoms with Crippen LogP contribution in [0.15, 0.2) is 43.0 Å². The molecule has 0 aromatic heterocycles. The first-order valence-electron chi connectivity index (χ1n) is 9.99. The molecule has 0 radical (unpaired) electrons. The molecule has 0 spiro atoms. The lowest BCUT2D eigenvalue weighted by Crippen LogP contribution is -2.31. The molecule has 4 rings (SSSR count). The highest BCUT2D eigenvalue weighted by Crippen LogP contribution is 2.41. The first-order chi connectivity index (χ1) is 13.3. The molecule has 0 atom stereocenters. The maximum atomic E-state index is 11.6. The van der Waals surface area contributed by atoms with Crippen LogP contribution in [0.1, 0.15) is 48.8 Å². The Morgan fingerprint density at radius 3 is 2.54 bits per heavy atom. The van der Waals surface area contributed by atoms with E-state index >= 15 is 0 Å². The summed E-state index contributed by atoms with van der Waals surface area (Å²) in [5.41, 5.74) is 7.74. The highest BCUT2D eigenvalue weighted by molar-refractivity contribution is 7.92. The van der Waals surface area contributed by atoms with Crippen molar-refractivity contribution in [3.8, 4) is 11.1 Å². The lowest BCUT2D eigenvalue weighted by molar-refractivity contribution is 0.234. The van der Waals surface area contributed by atoms with Crippen molar-refractivity contribution in [1.29, 1.82) is 0 Å². The van der Waals surface area contributed by atoms with Gasteiger partial charge in [-0.3, -0.25) is 4.72 Å². The Kier molecular flexibility index (Phi) is 4.96. The van der Waals surface area contributed by atoms with Crippen LogP contribution in [0.2, 0.25) is 0 Å². The minimum Gasteiger partial charge on any atom is -0.364 e. The van der Waals surface area contributed by atoms with E-state index in [2.05, 4.69) is 35.3 Å². The summed E-state index contributed by atoms with van der Waals surface area (Å²) in [6.07, 6.45) is 7.68. The van der Waals surface area contributed by atoms with Gasteiger partial charge < -0.3 is 4.90 Å². The van der Waals surface area contributed by atoms with Gasteiger partial charge in [-0.2, -0.15) is 0 Å². The summed E-state index contributed by atoms with van der Waals surface area (Å²) in [5, 5.41) is 0. The molecule has 1 aliphatic heterocycles. The number of nitrogens with one attached hydrogen (secondary N) is 1. The fourth-order valence-electron chi connectivity index (χ4n) is 4.71. The van der Waals surface area contributed by atoms with Crippen LogP contribution < -0.4 is 4.72 Å². The molecule has 1 heterocycles. The lowest BCUT2D eigenvalue weighted by atomic mass is 9.94. The summed E-state index contributed by atoms with van der Waals surface area (Å²) in [7, 11) is -3.29. The third kappa shape index (κ3) is 3.81. The predicted octanol–water partition coefficient (Wildman–Crippen LogP) is 5.15. The summed E-state index contributed by atoms with van der Waals surface area (Å²) in [6.45, 7) is 7.49. The minimum absolute atomic E-state index is 0.589. The lowest BCUT2D eigenvalue weighted by Gasteiger charge is -2.33. The van der Waals surface area contributed by atoms with E-state index in [-0.39, 0.29) is 0 Å². The van der Waals surface area contributed by atoms with Gasteiger partial charge in [-0.25, -0.2) is 8.42 Å². The molecule has 0 bridgehead atoms. The van der Waals surface area contributed by atoms with E-state index in [0.29, 0.717) is 11.7 Å². The van der Waals surface area contributed by atoms with Crippen LogP contribution in [-0.2, 0) is 16.6 Å². The monoisotopic (exact) mass is 396 g/mol. The van der Waals surface area contributed by atoms with Gasteiger partial charge in [0.25, 0.3) is 0 Å². The van der Waals surface area contributed by atoms with E-state index in [4.69, 9.17) is 0 Å². The largest absolute Gasteiger partial charge is 0.364 e. The molecule has 0 saturated heterocycles. The molecule has 2 aliphatic rings. The Balaban J connectivity index is 1.66. The van der Waals surface area contributed by atoms with Crippen LogP contribution in [0, 0.1) is 6.92 Å². The SMILES string of the molecule is C=C1c2c(C)cc(-c3cccc(NS(C)(=O)=O)c3)cc2CN1C1CCCCC1. The normalized spacial score (nSPS) is 17.6. The second-order valence-electron chi connectivity index (χ2n) is 8.15. The van der Waals surface area contributed by atoms with Crippen LogP contribution in [0.3, 0.4) is 0 Å². The van der Waals surface area contributed by atoms with Gasteiger partial charge in [-0.1, -0.05) is 44.0 Å². The van der Waals surface area contributed by atoms with Crippen molar-refractivity contribution in [3.05, 3.63) is 59.7 Å². The number of benzene rings is 2. The zero-order chi connectivity index (χ0) is 19.9. The number of aryl methyl sites for hydroxylation is 1. The number of anilines is 1. The van der Waals surface area contributed by atoms with Crippen molar-refractivity contribution in [2.75, 3.05) is 11.0 Å². The van der Waals surface area contributed by atoms with Crippen LogP contribution in [0.4, 0.5) is 5.69 Å². The molecule has 4 nitrogen and oxygen atoms in total. The van der Waals surface area contributed by atoms with Gasteiger partial charge >= 0.3 is 0 Å². The maximum absolute atomic E-state index is 11.6. The number of nitrogens with zero attached hydrogens (tertiary/aromatic N) is 1. The van der Waals surface area contributed by atoms with E-state index in [1.165, 1.54) is 60.7 Å². The standard InChI is InChI=1S/C23H28N2O2S/c1-16-12-19(18-8-7-9-21(14-18)24-28(3,26)27)13-20-15-25(17(2)23(16)20)22-10-5-4-6-11-22/h7-9,12-14,22,24H,2,4-6,10-11,15H2,1,3H3. The van der Waals surface area contributed by atoms with Gasteiger partial charge in [0, 0.05) is 29.5 Å². The van der Waals surface area contributed by atoms with Gasteiger partial charge in [0.2, 0.25) is 10.0 Å². The van der Waals surface area contributed by atoms with Crippen molar-refractivity contribution in [1.82, 2.24) is 4.90 Å². The Hall–Kier alpha value is -2.27. The highest BCUT2D eigenvalue weighted by atomic mass is 32.2. The Labute approximate surface area is 168 Å². The quantitative estimate of drug-likeness (QED) is 0.777. The van der Waals surface area contributed by atoms with E-state index in [0.717, 1.165) is 17.7 Å². The molecular formula is C23H28N2O2S. The van der Waals surface area contributed by atoms with E-state index < -0.39 is 10.0 Å². The molecule has 2 aromatic rings. The molecule has 0 amide bonds. The van der Waals surface area contributed by atoms with Crippen LogP contribution in [0.25, 0.3) is 16.8 Å². The van der Waals surface area contributed by atoms with Crippen LogP contribution >= 0.6 is 0 Å². The van der Waals surface area contributed by atoms with Crippen molar-refractivity contribution < 1.29 is 8.42 Å². The van der Waals surface area contributed by atoms with E-state index in [9.17, 15) is 8.42 Å². The fraction of sp³-hybridized carbons (Fsp3) is 0.391. The first kappa shape index (κ1) is 19.1. The highest BCUT2D eigenvalue weighted by Gasteiger charge is 2.30. The second-order valence-corrected chi connectivity index (χ2v) is 9.90. The number of hydrogen-bond donors (Lipinski definition) is 1. The van der Waals surface area contributed by atoms with Crippen LogP contribution in [0.5, 0.6) is 0 Å². The molecule has 2 aromatic carbocycles. The van der Waals surface area contributed by atoms with Crippen molar-refractivity contribution in [2.24, 2.45) is 0 Å². The maximum Gasteiger partial charge on any atom is 0.229 e. The number of fused-ring (bicyclic) bond motifs is 1. The number of rotatable bonds is 4. The zero-order valence-electron chi connectivity index (χ0n) is 16.7. The van der Waals surface area contributed by atoms with Gasteiger partial charge in [0.1, 0.15) is 0 Å². The molecule has 28 heavy (non-hydrogen) atoms. The zero-order valence-corrected chi connectivity index (χ0v) is 17.5. The predicted molar refractivity (Wildman–Crippen MR) is 117 cm³/mol. The number of hydrogen-bond acceptors (Lipinski definition) is 3. The van der Waals surface area contributed by atoms with Gasteiger partial charge in [0.05, 0.1) is 6.26 Å². The second kappa shape index (κ2) is 7.28. The molecular weight excluding hydrogens is 368 g/mol. The Morgan fingerprint density at radius 2 is 1.82 bits per heavy atom. The fourth-order valence-corrected chi connectivity index (χ4v) is 5.26. The minimum atomic E-state index is -3.29. The average molecular weight is 397 g/mol. The van der Waals surface area contributed by atoms with Gasteiger partial charge in [0.15, 0.2) is 0 Å². The Bertz CT molecular complexity index is 1020. The molecule has 1 N–H and O–H groups in total. The van der Waals surface area contributed by atoms with Crippen molar-refractivity contribution >= 4 is 21.4 Å². The third-order valence-electron chi connectivity index (χ3n) is 5.91. The summed E-state index contributed by atoms with van der Waals surface area (Å²) in [6, 6.07) is 12.6. The van der Waals surface area contributed by atoms with Crippen molar-refractivity contribution in [2.45, 2.75) is 51.6 Å². The first-order valence-corrected chi connectivity index (χ1v) is 11.9. The molecule has 1 aliphatic carbocycles.